The van der Waals surface area contributed by atoms with Gasteiger partial charge in [-0.3, -0.25) is 4.79 Å². The molecule has 0 bridgehead atoms. The fourth-order valence-electron chi connectivity index (χ4n) is 0.911. The van der Waals surface area contributed by atoms with Crippen LogP contribution in [0.15, 0.2) is 22.7 Å². The molecule has 0 amide bonds. The molecule has 5 heteroatoms. The van der Waals surface area contributed by atoms with Gasteiger partial charge in [-0.25, -0.2) is 4.79 Å². The molecule has 0 aliphatic rings. The topological polar surface area (TPSA) is 63.6 Å². The van der Waals surface area contributed by atoms with Gasteiger partial charge in [-0.2, -0.15) is 0 Å². The van der Waals surface area contributed by atoms with E-state index in [9.17, 15) is 9.59 Å². The molecule has 80 valence electrons. The molecular formula is C10H9BrO4. The number of benzene rings is 1. The van der Waals surface area contributed by atoms with Crippen molar-refractivity contribution in [1.82, 2.24) is 0 Å². The summed E-state index contributed by atoms with van der Waals surface area (Å²) in [5, 5.41) is 8.70. The van der Waals surface area contributed by atoms with Gasteiger partial charge >= 0.3 is 11.9 Å². The van der Waals surface area contributed by atoms with Gasteiger partial charge < -0.3 is 9.84 Å². The Morgan fingerprint density at radius 2 is 2.13 bits per heavy atom. The summed E-state index contributed by atoms with van der Waals surface area (Å²) in [4.78, 5) is 21.6. The predicted molar refractivity (Wildman–Crippen MR) is 57.0 cm³/mol. The molecule has 0 aliphatic heterocycles. The maximum Gasteiger partial charge on any atom is 0.335 e. The van der Waals surface area contributed by atoms with Crippen LogP contribution < -0.4 is 4.74 Å². The summed E-state index contributed by atoms with van der Waals surface area (Å²) in [7, 11) is 0. The van der Waals surface area contributed by atoms with Crippen LogP contribution in [-0.2, 0) is 4.79 Å². The zero-order chi connectivity index (χ0) is 11.4. The Labute approximate surface area is 95.0 Å². The smallest absolute Gasteiger partial charge is 0.335 e. The monoisotopic (exact) mass is 272 g/mol. The molecule has 0 radical (unpaired) electrons. The Balaban J connectivity index is 2.93. The number of carbonyl (C=O) groups is 2. The lowest BCUT2D eigenvalue weighted by atomic mass is 10.2. The van der Waals surface area contributed by atoms with Gasteiger partial charge in [-0.05, 0) is 34.1 Å². The zero-order valence-electron chi connectivity index (χ0n) is 7.99. The number of rotatable bonds is 3. The lowest BCUT2D eigenvalue weighted by Gasteiger charge is -2.05. The molecule has 1 aromatic rings. The van der Waals surface area contributed by atoms with Gasteiger partial charge in [-0.15, -0.1) is 0 Å². The minimum absolute atomic E-state index is 0.137. The summed E-state index contributed by atoms with van der Waals surface area (Å²) >= 11 is 3.13. The van der Waals surface area contributed by atoms with E-state index in [4.69, 9.17) is 9.84 Å². The van der Waals surface area contributed by atoms with Crippen LogP contribution in [0.2, 0.25) is 0 Å². The number of carboxylic acid groups (broad SMARTS) is 1. The van der Waals surface area contributed by atoms with Crippen molar-refractivity contribution in [2.45, 2.75) is 13.3 Å². The van der Waals surface area contributed by atoms with Gasteiger partial charge in [0.25, 0.3) is 0 Å². The van der Waals surface area contributed by atoms with Crippen molar-refractivity contribution in [3.63, 3.8) is 0 Å². The number of hydrogen-bond donors (Lipinski definition) is 1. The SMILES string of the molecule is CCC(=O)Oc1ccc(C(=O)O)cc1Br. The van der Waals surface area contributed by atoms with E-state index in [1.165, 1.54) is 18.2 Å². The molecule has 0 atom stereocenters. The number of halogens is 1. The highest BCUT2D eigenvalue weighted by Gasteiger charge is 2.09. The molecule has 0 fully saturated rings. The van der Waals surface area contributed by atoms with Crippen molar-refractivity contribution in [3.8, 4) is 5.75 Å². The Hall–Kier alpha value is -1.36. The lowest BCUT2D eigenvalue weighted by Crippen LogP contribution is -2.06. The largest absolute Gasteiger partial charge is 0.478 e. The van der Waals surface area contributed by atoms with Crippen LogP contribution in [0, 0.1) is 0 Å². The number of hydrogen-bond acceptors (Lipinski definition) is 3. The quantitative estimate of drug-likeness (QED) is 0.678. The number of carboxylic acids is 1. The number of aromatic carboxylic acids is 1. The van der Waals surface area contributed by atoms with Crippen molar-refractivity contribution >= 4 is 27.9 Å². The lowest BCUT2D eigenvalue weighted by molar-refractivity contribution is -0.134. The van der Waals surface area contributed by atoms with Gasteiger partial charge in [0.2, 0.25) is 0 Å². The molecule has 4 nitrogen and oxygen atoms in total. The van der Waals surface area contributed by atoms with Crippen molar-refractivity contribution in [2.24, 2.45) is 0 Å². The number of ether oxygens (including phenoxy) is 1. The van der Waals surface area contributed by atoms with Crippen LogP contribution in [0.1, 0.15) is 23.7 Å². The summed E-state index contributed by atoms with van der Waals surface area (Å²) < 4.78 is 5.40. The first kappa shape index (κ1) is 11.7. The molecule has 0 aliphatic carbocycles. The Morgan fingerprint density at radius 3 is 2.60 bits per heavy atom. The maximum absolute atomic E-state index is 11.0. The minimum Gasteiger partial charge on any atom is -0.478 e. The average molecular weight is 273 g/mol. The first-order valence-electron chi connectivity index (χ1n) is 4.28. The summed E-state index contributed by atoms with van der Waals surface area (Å²) in [5.41, 5.74) is 0.137. The third-order valence-electron chi connectivity index (χ3n) is 1.69. The van der Waals surface area contributed by atoms with Crippen molar-refractivity contribution in [3.05, 3.63) is 28.2 Å². The first-order chi connectivity index (χ1) is 7.04. The van der Waals surface area contributed by atoms with E-state index in [1.807, 2.05) is 0 Å². The standard InChI is InChI=1S/C10H9BrO4/c1-2-9(12)15-8-4-3-6(10(13)14)5-7(8)11/h3-5H,2H2,1H3,(H,13,14). The molecular weight excluding hydrogens is 264 g/mol. The van der Waals surface area contributed by atoms with Gasteiger partial charge in [0.1, 0.15) is 5.75 Å². The maximum atomic E-state index is 11.0. The summed E-state index contributed by atoms with van der Waals surface area (Å²) in [5.74, 6) is -1.06. The fraction of sp³-hybridized carbons (Fsp3) is 0.200. The Morgan fingerprint density at radius 1 is 1.47 bits per heavy atom. The molecule has 1 N–H and O–H groups in total. The second-order valence-corrected chi connectivity index (χ2v) is 3.63. The minimum atomic E-state index is -1.02. The van der Waals surface area contributed by atoms with Gasteiger partial charge in [0, 0.05) is 6.42 Å². The van der Waals surface area contributed by atoms with Crippen LogP contribution >= 0.6 is 15.9 Å². The summed E-state index contributed by atoms with van der Waals surface area (Å²) in [6.45, 7) is 1.68. The fourth-order valence-corrected chi connectivity index (χ4v) is 1.37. The molecule has 15 heavy (non-hydrogen) atoms. The van der Waals surface area contributed by atoms with E-state index in [1.54, 1.807) is 6.92 Å². The van der Waals surface area contributed by atoms with Crippen molar-refractivity contribution in [1.29, 1.82) is 0 Å². The normalized spacial score (nSPS) is 9.73. The van der Waals surface area contributed by atoms with E-state index in [2.05, 4.69) is 15.9 Å². The van der Waals surface area contributed by atoms with E-state index in [-0.39, 0.29) is 18.0 Å². The van der Waals surface area contributed by atoms with E-state index in [0.717, 1.165) is 0 Å². The van der Waals surface area contributed by atoms with Crippen LogP contribution in [0.5, 0.6) is 5.75 Å². The third-order valence-corrected chi connectivity index (χ3v) is 2.31. The highest BCUT2D eigenvalue weighted by atomic mass is 79.9. The predicted octanol–water partition coefficient (Wildman–Crippen LogP) is 2.46. The van der Waals surface area contributed by atoms with Crippen molar-refractivity contribution < 1.29 is 19.4 Å². The third kappa shape index (κ3) is 3.06. The molecule has 1 rings (SSSR count). The van der Waals surface area contributed by atoms with Gasteiger partial charge in [0.05, 0.1) is 10.0 Å². The highest BCUT2D eigenvalue weighted by molar-refractivity contribution is 9.10. The van der Waals surface area contributed by atoms with Crippen LogP contribution in [0.25, 0.3) is 0 Å². The van der Waals surface area contributed by atoms with Crippen molar-refractivity contribution in [2.75, 3.05) is 0 Å². The van der Waals surface area contributed by atoms with Crippen LogP contribution in [0.4, 0.5) is 0 Å². The van der Waals surface area contributed by atoms with Gasteiger partial charge in [0.15, 0.2) is 0 Å². The molecule has 0 spiro atoms. The first-order valence-corrected chi connectivity index (χ1v) is 5.07. The molecule has 0 aromatic heterocycles. The number of esters is 1. The molecule has 0 saturated heterocycles. The number of carbonyl (C=O) groups excluding carboxylic acids is 1. The second kappa shape index (κ2) is 4.93. The van der Waals surface area contributed by atoms with Crippen LogP contribution in [-0.4, -0.2) is 17.0 Å². The zero-order valence-corrected chi connectivity index (χ0v) is 9.58. The van der Waals surface area contributed by atoms with E-state index < -0.39 is 5.97 Å². The van der Waals surface area contributed by atoms with Crippen LogP contribution in [0.3, 0.4) is 0 Å². The second-order valence-electron chi connectivity index (χ2n) is 2.78. The van der Waals surface area contributed by atoms with Gasteiger partial charge in [-0.1, -0.05) is 6.92 Å². The van der Waals surface area contributed by atoms with E-state index >= 15 is 0 Å². The molecule has 0 unspecified atom stereocenters. The van der Waals surface area contributed by atoms with E-state index in [0.29, 0.717) is 10.2 Å². The molecule has 1 aromatic carbocycles. The summed E-state index contributed by atoms with van der Waals surface area (Å²) in [6, 6.07) is 4.22. The average Bonchev–Trinajstić information content (AvgIpc) is 2.20. The highest BCUT2D eigenvalue weighted by Crippen LogP contribution is 2.26. The molecule has 0 heterocycles. The Kier molecular flexibility index (Phi) is 3.85. The summed E-state index contributed by atoms with van der Waals surface area (Å²) in [6.07, 6.45) is 0.271. The molecule has 0 saturated carbocycles. The Bertz CT molecular complexity index is 400.